The van der Waals surface area contributed by atoms with Crippen molar-refractivity contribution in [2.75, 3.05) is 0 Å². The molecule has 0 fully saturated rings. The molecule has 0 aliphatic carbocycles. The lowest BCUT2D eigenvalue weighted by atomic mass is 9.90. The molecule has 0 aliphatic rings. The molecule has 2 nitrogen and oxygen atoms in total. The average Bonchev–Trinajstić information content (AvgIpc) is 3.08. The normalized spacial score (nSPS) is 12.6. The lowest BCUT2D eigenvalue weighted by Gasteiger charge is -2.16. The molecular weight excluding hydrogens is 280 g/mol. The number of hydrogen-bond acceptors (Lipinski definition) is 1. The summed E-state index contributed by atoms with van der Waals surface area (Å²) in [5, 5.41) is 0. The highest BCUT2D eigenvalue weighted by molar-refractivity contribution is 4.87. The van der Waals surface area contributed by atoms with E-state index in [1.807, 2.05) is 12.4 Å². The monoisotopic (exact) mass is 320 g/mol. The van der Waals surface area contributed by atoms with Gasteiger partial charge in [0.05, 0.1) is 0 Å². The van der Waals surface area contributed by atoms with Gasteiger partial charge in [0.1, 0.15) is 5.82 Å². The Hall–Kier alpha value is -0.790. The Balaban J connectivity index is 2.17. The Labute approximate surface area is 144 Å². The Morgan fingerprint density at radius 2 is 1.35 bits per heavy atom. The molecule has 1 aromatic rings. The van der Waals surface area contributed by atoms with Crippen LogP contribution in [0, 0.1) is 5.92 Å². The molecule has 1 aromatic heterocycles. The fraction of sp³-hybridized carbons (Fsp3) is 0.857. The Morgan fingerprint density at radius 3 is 1.87 bits per heavy atom. The van der Waals surface area contributed by atoms with Gasteiger partial charge in [0.15, 0.2) is 0 Å². The Bertz CT molecular complexity index is 332. The quantitative estimate of drug-likeness (QED) is 0.324. The first-order chi connectivity index (χ1) is 11.4. The first-order valence-corrected chi connectivity index (χ1v) is 10.3. The third-order valence-corrected chi connectivity index (χ3v) is 5.03. The van der Waals surface area contributed by atoms with E-state index in [1.165, 1.54) is 95.7 Å². The molecular formula is C21H40N2. The summed E-state index contributed by atoms with van der Waals surface area (Å²) in [4.78, 5) is 7.64. The molecule has 0 saturated heterocycles. The van der Waals surface area contributed by atoms with Gasteiger partial charge in [-0.2, -0.15) is 0 Å². The van der Waals surface area contributed by atoms with Crippen LogP contribution in [0.25, 0.3) is 0 Å². The second kappa shape index (κ2) is 14.8. The number of H-pyrrole nitrogens is 1. The van der Waals surface area contributed by atoms with E-state index < -0.39 is 0 Å². The third kappa shape index (κ3) is 11.4. The number of aromatic amines is 1. The molecule has 1 N–H and O–H groups in total. The van der Waals surface area contributed by atoms with Crippen LogP contribution in [0.15, 0.2) is 12.4 Å². The van der Waals surface area contributed by atoms with Gasteiger partial charge in [-0.1, -0.05) is 97.3 Å². The van der Waals surface area contributed by atoms with Crippen molar-refractivity contribution in [3.63, 3.8) is 0 Å². The van der Waals surface area contributed by atoms with Crippen LogP contribution in [0.4, 0.5) is 0 Å². The number of nitrogens with one attached hydrogen (secondary N) is 1. The van der Waals surface area contributed by atoms with Crippen LogP contribution in [-0.4, -0.2) is 9.97 Å². The summed E-state index contributed by atoms with van der Waals surface area (Å²) in [6, 6.07) is 0. The van der Waals surface area contributed by atoms with E-state index in [2.05, 4.69) is 23.8 Å². The van der Waals surface area contributed by atoms with Crippen LogP contribution >= 0.6 is 0 Å². The van der Waals surface area contributed by atoms with E-state index in [9.17, 15) is 0 Å². The van der Waals surface area contributed by atoms with Crippen LogP contribution in [0.5, 0.6) is 0 Å². The van der Waals surface area contributed by atoms with Gasteiger partial charge in [0.2, 0.25) is 0 Å². The number of aromatic nitrogens is 2. The van der Waals surface area contributed by atoms with E-state index in [0.29, 0.717) is 0 Å². The molecule has 0 aromatic carbocycles. The summed E-state index contributed by atoms with van der Waals surface area (Å²) in [7, 11) is 0. The molecule has 0 aliphatic heterocycles. The van der Waals surface area contributed by atoms with Gasteiger partial charge in [-0.05, 0) is 12.3 Å². The average molecular weight is 321 g/mol. The lowest BCUT2D eigenvalue weighted by molar-refractivity contribution is 0.379. The lowest BCUT2D eigenvalue weighted by Crippen LogP contribution is -2.04. The molecule has 1 heterocycles. The SMILES string of the molecule is CCCCCCCCC(CCCCCCC)CCc1ncc[nH]1. The van der Waals surface area contributed by atoms with Crippen LogP contribution in [-0.2, 0) is 6.42 Å². The van der Waals surface area contributed by atoms with Crippen molar-refractivity contribution in [2.24, 2.45) is 5.92 Å². The van der Waals surface area contributed by atoms with Gasteiger partial charge in [0, 0.05) is 18.8 Å². The van der Waals surface area contributed by atoms with Gasteiger partial charge in [-0.25, -0.2) is 4.98 Å². The largest absolute Gasteiger partial charge is 0.349 e. The van der Waals surface area contributed by atoms with E-state index in [0.717, 1.165) is 12.3 Å². The molecule has 0 spiro atoms. The first-order valence-electron chi connectivity index (χ1n) is 10.3. The van der Waals surface area contributed by atoms with Crippen LogP contribution < -0.4 is 0 Å². The topological polar surface area (TPSA) is 28.7 Å². The summed E-state index contributed by atoms with van der Waals surface area (Å²) in [6.07, 6.45) is 24.7. The minimum Gasteiger partial charge on any atom is -0.349 e. The number of hydrogen-bond donors (Lipinski definition) is 1. The van der Waals surface area contributed by atoms with Crippen molar-refractivity contribution in [2.45, 2.75) is 110 Å². The number of nitrogens with zero attached hydrogens (tertiary/aromatic N) is 1. The number of rotatable bonds is 16. The van der Waals surface area contributed by atoms with Crippen molar-refractivity contribution >= 4 is 0 Å². The van der Waals surface area contributed by atoms with Crippen LogP contribution in [0.1, 0.15) is 110 Å². The maximum Gasteiger partial charge on any atom is 0.106 e. The first kappa shape index (κ1) is 20.3. The molecule has 23 heavy (non-hydrogen) atoms. The van der Waals surface area contributed by atoms with Crippen molar-refractivity contribution in [1.29, 1.82) is 0 Å². The third-order valence-electron chi connectivity index (χ3n) is 5.03. The van der Waals surface area contributed by atoms with Crippen molar-refractivity contribution in [1.82, 2.24) is 9.97 Å². The Morgan fingerprint density at radius 1 is 0.783 bits per heavy atom. The van der Waals surface area contributed by atoms with Crippen LogP contribution in [0.2, 0.25) is 0 Å². The summed E-state index contributed by atoms with van der Waals surface area (Å²) < 4.78 is 0. The Kier molecular flexibility index (Phi) is 13.0. The van der Waals surface area contributed by atoms with E-state index >= 15 is 0 Å². The van der Waals surface area contributed by atoms with Gasteiger partial charge >= 0.3 is 0 Å². The highest BCUT2D eigenvalue weighted by Gasteiger charge is 2.10. The predicted molar refractivity (Wildman–Crippen MR) is 102 cm³/mol. The zero-order valence-corrected chi connectivity index (χ0v) is 15.8. The number of aryl methyl sites for hydroxylation is 1. The fourth-order valence-corrected chi connectivity index (χ4v) is 3.46. The summed E-state index contributed by atoms with van der Waals surface area (Å²) in [6.45, 7) is 4.59. The molecule has 1 unspecified atom stereocenters. The van der Waals surface area contributed by atoms with Crippen molar-refractivity contribution in [3.05, 3.63) is 18.2 Å². The predicted octanol–water partition coefficient (Wildman–Crippen LogP) is 7.07. The molecule has 1 atom stereocenters. The smallest absolute Gasteiger partial charge is 0.106 e. The zero-order chi connectivity index (χ0) is 16.6. The molecule has 134 valence electrons. The summed E-state index contributed by atoms with van der Waals surface area (Å²) in [5.41, 5.74) is 0. The van der Waals surface area contributed by atoms with Crippen molar-refractivity contribution in [3.8, 4) is 0 Å². The summed E-state index contributed by atoms with van der Waals surface area (Å²) >= 11 is 0. The number of unbranched alkanes of at least 4 members (excludes halogenated alkanes) is 9. The minimum absolute atomic E-state index is 0.910. The molecule has 0 radical (unpaired) electrons. The maximum atomic E-state index is 4.38. The highest BCUT2D eigenvalue weighted by Crippen LogP contribution is 2.23. The summed E-state index contributed by atoms with van der Waals surface area (Å²) in [5.74, 6) is 2.08. The molecule has 2 heteroatoms. The standard InChI is InChI=1S/C21H40N2/c1-3-5-7-9-11-13-15-20(14-12-10-8-6-4-2)16-17-21-22-18-19-23-21/h18-20H,3-17H2,1-2H3,(H,22,23). The van der Waals surface area contributed by atoms with Gasteiger partial charge in [-0.3, -0.25) is 0 Å². The van der Waals surface area contributed by atoms with Gasteiger partial charge in [0.25, 0.3) is 0 Å². The maximum absolute atomic E-state index is 4.38. The van der Waals surface area contributed by atoms with E-state index in [4.69, 9.17) is 0 Å². The van der Waals surface area contributed by atoms with Gasteiger partial charge in [-0.15, -0.1) is 0 Å². The minimum atomic E-state index is 0.910. The van der Waals surface area contributed by atoms with E-state index in [1.54, 1.807) is 0 Å². The van der Waals surface area contributed by atoms with Crippen LogP contribution in [0.3, 0.4) is 0 Å². The van der Waals surface area contributed by atoms with E-state index in [-0.39, 0.29) is 0 Å². The fourth-order valence-electron chi connectivity index (χ4n) is 3.46. The molecule has 0 amide bonds. The number of imidazole rings is 1. The van der Waals surface area contributed by atoms with Crippen molar-refractivity contribution < 1.29 is 0 Å². The molecule has 1 rings (SSSR count). The second-order valence-corrected chi connectivity index (χ2v) is 7.20. The molecule has 0 saturated carbocycles. The highest BCUT2D eigenvalue weighted by atomic mass is 14.9. The van der Waals surface area contributed by atoms with Gasteiger partial charge < -0.3 is 4.98 Å². The molecule has 0 bridgehead atoms. The zero-order valence-electron chi connectivity index (χ0n) is 15.8. The second-order valence-electron chi connectivity index (χ2n) is 7.20.